The fraction of sp³-hybridized carbons (Fsp3) is 0.200. The molecule has 0 aliphatic rings. The highest BCUT2D eigenvalue weighted by Crippen LogP contribution is 2.02. The Kier molecular flexibility index (Phi) is 6.36. The highest BCUT2D eigenvalue weighted by atomic mass is 32.2. The van der Waals surface area contributed by atoms with Gasteiger partial charge >= 0.3 is 0 Å². The third kappa shape index (κ3) is 10.2. The van der Waals surface area contributed by atoms with Gasteiger partial charge in [0.25, 0.3) is 0 Å². The zero-order valence-corrected chi connectivity index (χ0v) is 10.2. The number of hydrogen-bond donors (Lipinski definition) is 2. The average Bonchev–Trinajstić information content (AvgIpc) is 2.17. The van der Waals surface area contributed by atoms with Crippen molar-refractivity contribution >= 4 is 15.8 Å². The summed E-state index contributed by atoms with van der Waals surface area (Å²) in [4.78, 5) is 2.90. The molecule has 0 aliphatic carbocycles. The summed E-state index contributed by atoms with van der Waals surface area (Å²) in [5.74, 6) is -0.0640. The van der Waals surface area contributed by atoms with Crippen molar-refractivity contribution < 1.29 is 8.42 Å². The average molecular weight is 254 g/mol. The van der Waals surface area contributed by atoms with Crippen LogP contribution in [-0.4, -0.2) is 20.6 Å². The summed E-state index contributed by atoms with van der Waals surface area (Å²) in [6.07, 6.45) is 2.64. The molecule has 4 N–H and O–H groups in total. The van der Waals surface area contributed by atoms with Crippen LogP contribution in [0.25, 0.3) is 0 Å². The Balaban J connectivity index is 0.000000366. The van der Waals surface area contributed by atoms with E-state index in [2.05, 4.69) is 4.99 Å². The van der Waals surface area contributed by atoms with Gasteiger partial charge in [-0.2, -0.15) is 5.26 Å². The van der Waals surface area contributed by atoms with Gasteiger partial charge in [-0.25, -0.2) is 8.42 Å². The van der Waals surface area contributed by atoms with Crippen molar-refractivity contribution in [1.29, 1.82) is 5.26 Å². The summed E-state index contributed by atoms with van der Waals surface area (Å²) in [7, 11) is -2.88. The smallest absolute Gasteiger partial charge is 0.209 e. The van der Waals surface area contributed by atoms with E-state index >= 15 is 0 Å². The van der Waals surface area contributed by atoms with Crippen LogP contribution in [0, 0.1) is 11.5 Å². The second-order valence-corrected chi connectivity index (χ2v) is 5.33. The second-order valence-electron chi connectivity index (χ2n) is 3.19. The molecule has 0 spiro atoms. The zero-order valence-electron chi connectivity index (χ0n) is 9.37. The highest BCUT2D eigenvalue weighted by Gasteiger charge is 2.01. The molecule has 0 aliphatic heterocycles. The topological polar surface area (TPSA) is 122 Å². The molecule has 0 radical (unpaired) electrons. The minimum atomic E-state index is -2.88. The Morgan fingerprint density at radius 1 is 1.35 bits per heavy atom. The first-order valence-electron chi connectivity index (χ1n) is 4.54. The van der Waals surface area contributed by atoms with Crippen molar-refractivity contribution in [2.24, 2.45) is 16.5 Å². The number of guanidine groups is 1. The molecule has 6 nitrogen and oxygen atoms in total. The lowest BCUT2D eigenvalue weighted by atomic mass is 10.2. The van der Waals surface area contributed by atoms with Crippen LogP contribution in [0.4, 0.5) is 0 Å². The first kappa shape index (κ1) is 14.9. The van der Waals surface area contributed by atoms with E-state index in [-0.39, 0.29) is 11.7 Å². The van der Waals surface area contributed by atoms with E-state index in [9.17, 15) is 8.42 Å². The van der Waals surface area contributed by atoms with Crippen LogP contribution in [-0.2, 0) is 15.6 Å². The van der Waals surface area contributed by atoms with Crippen LogP contribution in [0.3, 0.4) is 0 Å². The van der Waals surface area contributed by atoms with Crippen LogP contribution in [0.15, 0.2) is 35.3 Å². The zero-order chi connectivity index (χ0) is 13.3. The summed E-state index contributed by atoms with van der Waals surface area (Å²) in [5.41, 5.74) is 10.3. The monoisotopic (exact) mass is 254 g/mol. The summed E-state index contributed by atoms with van der Waals surface area (Å²) in [5, 5.41) is 7.64. The number of rotatable bonds is 2. The van der Waals surface area contributed by atoms with E-state index in [0.717, 1.165) is 5.56 Å². The molecular formula is C10H14N4O2S. The molecule has 0 saturated carbocycles. The predicted octanol–water partition coefficient (Wildman–Crippen LogP) is -0.0279. The van der Waals surface area contributed by atoms with Gasteiger partial charge in [0.1, 0.15) is 0 Å². The van der Waals surface area contributed by atoms with Gasteiger partial charge < -0.3 is 11.5 Å². The Morgan fingerprint density at radius 2 is 1.88 bits per heavy atom. The maximum Gasteiger partial charge on any atom is 0.209 e. The van der Waals surface area contributed by atoms with Crippen molar-refractivity contribution in [3.63, 3.8) is 0 Å². The molecule has 17 heavy (non-hydrogen) atoms. The van der Waals surface area contributed by atoms with Gasteiger partial charge in [-0.05, 0) is 5.56 Å². The van der Waals surface area contributed by atoms with E-state index in [4.69, 9.17) is 16.7 Å². The molecular weight excluding hydrogens is 240 g/mol. The fourth-order valence-electron chi connectivity index (χ4n) is 0.935. The molecule has 0 unspecified atom stereocenters. The summed E-state index contributed by atoms with van der Waals surface area (Å²) in [6.45, 7) is 0. The predicted molar refractivity (Wildman–Crippen MR) is 66.4 cm³/mol. The normalized spacial score (nSPS) is 9.41. The van der Waals surface area contributed by atoms with Gasteiger partial charge in [0.2, 0.25) is 12.2 Å². The molecule has 0 amide bonds. The molecule has 0 atom stereocenters. The van der Waals surface area contributed by atoms with E-state index in [1.54, 1.807) is 12.1 Å². The van der Waals surface area contributed by atoms with Gasteiger partial charge in [0.05, 0.1) is 5.75 Å². The van der Waals surface area contributed by atoms with Crippen molar-refractivity contribution in [3.05, 3.63) is 35.9 Å². The van der Waals surface area contributed by atoms with Crippen LogP contribution >= 0.6 is 0 Å². The fourth-order valence-corrected chi connectivity index (χ4v) is 1.73. The van der Waals surface area contributed by atoms with Gasteiger partial charge in [0.15, 0.2) is 9.84 Å². The third-order valence-corrected chi connectivity index (χ3v) is 2.31. The van der Waals surface area contributed by atoms with Crippen molar-refractivity contribution in [2.75, 3.05) is 6.26 Å². The number of benzene rings is 1. The quantitative estimate of drug-likeness (QED) is 0.436. The third-order valence-electron chi connectivity index (χ3n) is 1.45. The molecule has 1 aromatic carbocycles. The van der Waals surface area contributed by atoms with Gasteiger partial charge in [-0.15, -0.1) is 4.99 Å². The summed E-state index contributed by atoms with van der Waals surface area (Å²) in [6, 6.07) is 9.15. The number of aliphatic imine (C=N–C) groups is 1. The summed E-state index contributed by atoms with van der Waals surface area (Å²) < 4.78 is 21.6. The summed E-state index contributed by atoms with van der Waals surface area (Å²) >= 11 is 0. The molecule has 1 aromatic rings. The molecule has 7 heteroatoms. The number of nitrogens with zero attached hydrogens (tertiary/aromatic N) is 2. The second kappa shape index (κ2) is 7.24. The van der Waals surface area contributed by atoms with Gasteiger partial charge in [-0.3, -0.25) is 0 Å². The Bertz CT molecular complexity index is 499. The maximum atomic E-state index is 10.8. The van der Waals surface area contributed by atoms with Crippen LogP contribution in [0.1, 0.15) is 5.56 Å². The van der Waals surface area contributed by atoms with Crippen LogP contribution in [0.5, 0.6) is 0 Å². The van der Waals surface area contributed by atoms with E-state index in [1.807, 2.05) is 18.2 Å². The number of nitrogens with two attached hydrogens (primary N) is 2. The molecule has 0 aromatic heterocycles. The number of sulfone groups is 1. The molecule has 0 bridgehead atoms. The van der Waals surface area contributed by atoms with E-state index < -0.39 is 9.84 Å². The first-order valence-corrected chi connectivity index (χ1v) is 6.60. The van der Waals surface area contributed by atoms with Crippen LogP contribution < -0.4 is 11.5 Å². The maximum absolute atomic E-state index is 10.8. The Morgan fingerprint density at radius 3 is 2.18 bits per heavy atom. The molecule has 1 rings (SSSR count). The lowest BCUT2D eigenvalue weighted by Crippen LogP contribution is -2.21. The van der Waals surface area contributed by atoms with Crippen LogP contribution in [0.2, 0.25) is 0 Å². The number of nitriles is 1. The standard InChI is InChI=1S/C8H10O2S.C2H4N4/c1-11(9,10)7-8-5-3-2-4-6-8;3-1-6-2(4)5/h2-6H,7H2,1H3;(H4,4,5,6). The molecule has 92 valence electrons. The first-order chi connectivity index (χ1) is 7.85. The van der Waals surface area contributed by atoms with Gasteiger partial charge in [-0.1, -0.05) is 30.3 Å². The van der Waals surface area contributed by atoms with Gasteiger partial charge in [0, 0.05) is 6.26 Å². The van der Waals surface area contributed by atoms with E-state index in [0.29, 0.717) is 0 Å². The lowest BCUT2D eigenvalue weighted by molar-refractivity contribution is 0.601. The SMILES string of the molecule is CS(=O)(=O)Cc1ccccc1.N#CN=C(N)N. The Labute approximate surface area is 100 Å². The lowest BCUT2D eigenvalue weighted by Gasteiger charge is -1.96. The minimum absolute atomic E-state index is 0.133. The Hall–Kier alpha value is -2.07. The van der Waals surface area contributed by atoms with Crippen molar-refractivity contribution in [2.45, 2.75) is 5.75 Å². The number of hydrogen-bond acceptors (Lipinski definition) is 4. The van der Waals surface area contributed by atoms with Crippen molar-refractivity contribution in [3.8, 4) is 6.19 Å². The minimum Gasteiger partial charge on any atom is -0.369 e. The molecule has 0 fully saturated rings. The van der Waals surface area contributed by atoms with Crippen molar-refractivity contribution in [1.82, 2.24) is 0 Å². The molecule has 0 saturated heterocycles. The largest absolute Gasteiger partial charge is 0.369 e. The highest BCUT2D eigenvalue weighted by molar-refractivity contribution is 7.89. The van der Waals surface area contributed by atoms with E-state index in [1.165, 1.54) is 12.4 Å². The molecule has 0 heterocycles.